The summed E-state index contributed by atoms with van der Waals surface area (Å²) < 4.78 is 5.65. The van der Waals surface area contributed by atoms with E-state index in [0.717, 1.165) is 13.0 Å². The highest BCUT2D eigenvalue weighted by Crippen LogP contribution is 2.17. The van der Waals surface area contributed by atoms with Crippen LogP contribution in [0.3, 0.4) is 0 Å². The summed E-state index contributed by atoms with van der Waals surface area (Å²) in [5, 5.41) is 0. The van der Waals surface area contributed by atoms with Crippen LogP contribution in [0.15, 0.2) is 0 Å². The summed E-state index contributed by atoms with van der Waals surface area (Å²) in [6.07, 6.45) is 9.03. The molecular formula is C11H23NO. The minimum absolute atomic E-state index is 0.284. The Hall–Kier alpha value is -0.0800. The van der Waals surface area contributed by atoms with Crippen molar-refractivity contribution in [3.05, 3.63) is 0 Å². The highest BCUT2D eigenvalue weighted by molar-refractivity contribution is 4.75. The molecule has 1 aliphatic rings. The van der Waals surface area contributed by atoms with Crippen LogP contribution in [-0.4, -0.2) is 18.8 Å². The Kier molecular flexibility index (Phi) is 5.40. The molecule has 0 saturated carbocycles. The molecule has 13 heavy (non-hydrogen) atoms. The first kappa shape index (κ1) is 11.0. The molecule has 1 fully saturated rings. The fraction of sp³-hybridized carbons (Fsp3) is 1.00. The number of rotatable bonds is 5. The molecule has 0 aromatic rings. The summed E-state index contributed by atoms with van der Waals surface area (Å²) in [4.78, 5) is 0. The molecule has 0 aromatic carbocycles. The zero-order valence-corrected chi connectivity index (χ0v) is 8.80. The van der Waals surface area contributed by atoms with Gasteiger partial charge < -0.3 is 10.5 Å². The summed E-state index contributed by atoms with van der Waals surface area (Å²) in [5.41, 5.74) is 6.06. The van der Waals surface area contributed by atoms with E-state index >= 15 is 0 Å². The average molecular weight is 185 g/mol. The van der Waals surface area contributed by atoms with Gasteiger partial charge in [-0.25, -0.2) is 0 Å². The van der Waals surface area contributed by atoms with Crippen LogP contribution >= 0.6 is 0 Å². The fourth-order valence-electron chi connectivity index (χ4n) is 1.92. The van der Waals surface area contributed by atoms with E-state index in [1.54, 1.807) is 0 Å². The Morgan fingerprint density at radius 3 is 2.85 bits per heavy atom. The zero-order chi connectivity index (χ0) is 9.52. The second kappa shape index (κ2) is 6.39. The van der Waals surface area contributed by atoms with E-state index in [-0.39, 0.29) is 6.04 Å². The Morgan fingerprint density at radius 2 is 2.23 bits per heavy atom. The van der Waals surface area contributed by atoms with Crippen molar-refractivity contribution in [1.29, 1.82) is 0 Å². The molecule has 1 saturated heterocycles. The van der Waals surface area contributed by atoms with E-state index in [1.165, 1.54) is 38.5 Å². The molecule has 2 nitrogen and oxygen atoms in total. The van der Waals surface area contributed by atoms with Gasteiger partial charge in [-0.3, -0.25) is 0 Å². The first-order chi connectivity index (χ1) is 6.34. The molecule has 0 bridgehead atoms. The maximum absolute atomic E-state index is 6.06. The number of unbranched alkanes of at least 4 members (excludes halogenated alkanes) is 2. The van der Waals surface area contributed by atoms with Gasteiger partial charge >= 0.3 is 0 Å². The largest absolute Gasteiger partial charge is 0.377 e. The number of hydrogen-bond acceptors (Lipinski definition) is 2. The molecule has 0 amide bonds. The Balaban J connectivity index is 2.09. The van der Waals surface area contributed by atoms with Crippen LogP contribution in [0.25, 0.3) is 0 Å². The molecule has 1 aliphatic heterocycles. The zero-order valence-electron chi connectivity index (χ0n) is 8.80. The number of nitrogens with two attached hydrogens (primary N) is 1. The molecule has 0 aromatic heterocycles. The molecule has 2 heteroatoms. The van der Waals surface area contributed by atoms with Crippen LogP contribution in [-0.2, 0) is 4.74 Å². The molecule has 2 unspecified atom stereocenters. The minimum Gasteiger partial charge on any atom is -0.377 e. The Morgan fingerprint density at radius 1 is 1.38 bits per heavy atom. The lowest BCUT2D eigenvalue weighted by Gasteiger charge is -2.27. The smallest absolute Gasteiger partial charge is 0.0725 e. The summed E-state index contributed by atoms with van der Waals surface area (Å²) in [6, 6.07) is 0.284. The average Bonchev–Trinajstić information content (AvgIpc) is 2.19. The van der Waals surface area contributed by atoms with Crippen LogP contribution in [0.2, 0.25) is 0 Å². The highest BCUT2D eigenvalue weighted by Gasteiger charge is 2.20. The molecule has 2 atom stereocenters. The third-order valence-electron chi connectivity index (χ3n) is 2.83. The van der Waals surface area contributed by atoms with Gasteiger partial charge in [0.1, 0.15) is 0 Å². The van der Waals surface area contributed by atoms with E-state index in [1.807, 2.05) is 0 Å². The van der Waals surface area contributed by atoms with Gasteiger partial charge in [-0.15, -0.1) is 0 Å². The van der Waals surface area contributed by atoms with Crippen LogP contribution in [0.4, 0.5) is 0 Å². The summed E-state index contributed by atoms with van der Waals surface area (Å²) in [5.74, 6) is 0. The molecule has 0 spiro atoms. The predicted octanol–water partition coefficient (Wildman–Crippen LogP) is 2.46. The second-order valence-electron chi connectivity index (χ2n) is 4.06. The van der Waals surface area contributed by atoms with Crippen molar-refractivity contribution in [2.75, 3.05) is 6.61 Å². The molecule has 1 rings (SSSR count). The maximum atomic E-state index is 6.06. The van der Waals surface area contributed by atoms with Gasteiger partial charge in [0.05, 0.1) is 6.10 Å². The lowest BCUT2D eigenvalue weighted by molar-refractivity contribution is -0.00143. The Labute approximate surface area is 81.8 Å². The van der Waals surface area contributed by atoms with Crippen molar-refractivity contribution in [3.8, 4) is 0 Å². The van der Waals surface area contributed by atoms with Crippen LogP contribution in [0, 0.1) is 0 Å². The summed E-state index contributed by atoms with van der Waals surface area (Å²) >= 11 is 0. The third-order valence-corrected chi connectivity index (χ3v) is 2.83. The van der Waals surface area contributed by atoms with Crippen LogP contribution < -0.4 is 5.73 Å². The van der Waals surface area contributed by atoms with Crippen LogP contribution in [0.5, 0.6) is 0 Å². The molecule has 0 aliphatic carbocycles. The van der Waals surface area contributed by atoms with E-state index in [4.69, 9.17) is 10.5 Å². The topological polar surface area (TPSA) is 35.2 Å². The minimum atomic E-state index is 0.284. The van der Waals surface area contributed by atoms with Crippen LogP contribution in [0.1, 0.15) is 51.9 Å². The lowest BCUT2D eigenvalue weighted by Crippen LogP contribution is -2.38. The van der Waals surface area contributed by atoms with Gasteiger partial charge in [-0.1, -0.05) is 26.2 Å². The monoisotopic (exact) mass is 185 g/mol. The molecular weight excluding hydrogens is 162 g/mol. The second-order valence-corrected chi connectivity index (χ2v) is 4.06. The standard InChI is InChI=1S/C11H23NO/c1-2-3-4-7-10(12)11-8-5-6-9-13-11/h10-11H,2-9,12H2,1H3. The van der Waals surface area contributed by atoms with E-state index < -0.39 is 0 Å². The van der Waals surface area contributed by atoms with Crippen molar-refractivity contribution in [3.63, 3.8) is 0 Å². The first-order valence-electron chi connectivity index (χ1n) is 5.71. The first-order valence-corrected chi connectivity index (χ1v) is 5.71. The maximum Gasteiger partial charge on any atom is 0.0725 e. The van der Waals surface area contributed by atoms with E-state index in [2.05, 4.69) is 6.92 Å². The van der Waals surface area contributed by atoms with Gasteiger partial charge in [0.15, 0.2) is 0 Å². The molecule has 2 N–H and O–H groups in total. The molecule has 0 radical (unpaired) electrons. The fourth-order valence-corrected chi connectivity index (χ4v) is 1.92. The summed E-state index contributed by atoms with van der Waals surface area (Å²) in [7, 11) is 0. The van der Waals surface area contributed by atoms with Gasteiger partial charge in [0.25, 0.3) is 0 Å². The lowest BCUT2D eigenvalue weighted by atomic mass is 9.98. The van der Waals surface area contributed by atoms with Crippen molar-refractivity contribution >= 4 is 0 Å². The number of ether oxygens (including phenoxy) is 1. The quantitative estimate of drug-likeness (QED) is 0.668. The van der Waals surface area contributed by atoms with Gasteiger partial charge in [0, 0.05) is 12.6 Å². The SMILES string of the molecule is CCCCCC(N)C1CCCCO1. The van der Waals surface area contributed by atoms with Gasteiger partial charge in [-0.05, 0) is 25.7 Å². The van der Waals surface area contributed by atoms with E-state index in [0.29, 0.717) is 6.10 Å². The predicted molar refractivity (Wildman–Crippen MR) is 55.7 cm³/mol. The van der Waals surface area contributed by atoms with Gasteiger partial charge in [0.2, 0.25) is 0 Å². The normalized spacial score (nSPS) is 25.8. The van der Waals surface area contributed by atoms with Crippen molar-refractivity contribution < 1.29 is 4.74 Å². The summed E-state index contributed by atoms with van der Waals surface area (Å²) in [6.45, 7) is 3.15. The number of hydrogen-bond donors (Lipinski definition) is 1. The van der Waals surface area contributed by atoms with Gasteiger partial charge in [-0.2, -0.15) is 0 Å². The van der Waals surface area contributed by atoms with E-state index in [9.17, 15) is 0 Å². The molecule has 1 heterocycles. The molecule has 78 valence electrons. The highest BCUT2D eigenvalue weighted by atomic mass is 16.5. The van der Waals surface area contributed by atoms with Crippen molar-refractivity contribution in [2.45, 2.75) is 64.0 Å². The Bertz CT molecular complexity index is 121. The third kappa shape index (κ3) is 4.10. The van der Waals surface area contributed by atoms with Crippen molar-refractivity contribution in [2.24, 2.45) is 5.73 Å². The van der Waals surface area contributed by atoms with Crippen molar-refractivity contribution in [1.82, 2.24) is 0 Å².